The van der Waals surface area contributed by atoms with Crippen LogP contribution in [0.3, 0.4) is 0 Å². The van der Waals surface area contributed by atoms with Gasteiger partial charge in [-0.25, -0.2) is 8.42 Å². The van der Waals surface area contributed by atoms with Crippen molar-refractivity contribution in [3.05, 3.63) is 23.8 Å². The fourth-order valence-electron chi connectivity index (χ4n) is 1.21. The Morgan fingerprint density at radius 2 is 2.07 bits per heavy atom. The van der Waals surface area contributed by atoms with Crippen molar-refractivity contribution in [3.63, 3.8) is 0 Å². The number of ether oxygens (including phenoxy) is 1. The summed E-state index contributed by atoms with van der Waals surface area (Å²) < 4.78 is 28.5. The SMILES string of the molecule is CCOCS(=O)(=O)c1cc(N)ccc1C. The first-order valence-corrected chi connectivity index (χ1v) is 6.29. The highest BCUT2D eigenvalue weighted by Gasteiger charge is 2.17. The summed E-state index contributed by atoms with van der Waals surface area (Å²) in [5.74, 6) is -0.298. The third-order valence-electron chi connectivity index (χ3n) is 1.99. The Morgan fingerprint density at radius 3 is 2.67 bits per heavy atom. The second-order valence-electron chi connectivity index (χ2n) is 3.25. The highest BCUT2D eigenvalue weighted by molar-refractivity contribution is 7.91. The summed E-state index contributed by atoms with van der Waals surface area (Å²) in [7, 11) is -3.38. The van der Waals surface area contributed by atoms with Gasteiger partial charge in [-0.15, -0.1) is 0 Å². The molecule has 0 aromatic heterocycles. The first-order valence-electron chi connectivity index (χ1n) is 4.64. The van der Waals surface area contributed by atoms with Crippen molar-refractivity contribution >= 4 is 15.5 Å². The summed E-state index contributed by atoms with van der Waals surface area (Å²) in [5.41, 5.74) is 6.67. The molecule has 4 nitrogen and oxygen atoms in total. The topological polar surface area (TPSA) is 69.4 Å². The Hall–Kier alpha value is -1.07. The Kier molecular flexibility index (Phi) is 3.71. The van der Waals surface area contributed by atoms with E-state index >= 15 is 0 Å². The number of aryl methyl sites for hydroxylation is 1. The number of nitrogen functional groups attached to an aromatic ring is 1. The number of nitrogens with two attached hydrogens (primary N) is 1. The summed E-state index contributed by atoms with van der Waals surface area (Å²) in [5, 5.41) is 0. The smallest absolute Gasteiger partial charge is 0.202 e. The average molecular weight is 229 g/mol. The highest BCUT2D eigenvalue weighted by Crippen LogP contribution is 2.19. The molecular weight excluding hydrogens is 214 g/mol. The van der Waals surface area contributed by atoms with E-state index in [1.54, 1.807) is 26.0 Å². The molecule has 2 N–H and O–H groups in total. The third-order valence-corrected chi connectivity index (χ3v) is 3.58. The molecule has 0 atom stereocenters. The average Bonchev–Trinajstić information content (AvgIpc) is 2.18. The van der Waals surface area contributed by atoms with Crippen molar-refractivity contribution in [3.8, 4) is 0 Å². The minimum atomic E-state index is -3.38. The Labute approximate surface area is 90.0 Å². The van der Waals surface area contributed by atoms with Gasteiger partial charge < -0.3 is 10.5 Å². The van der Waals surface area contributed by atoms with Crippen LogP contribution in [0.1, 0.15) is 12.5 Å². The zero-order chi connectivity index (χ0) is 11.5. The minimum absolute atomic E-state index is 0.246. The molecule has 0 saturated heterocycles. The monoisotopic (exact) mass is 229 g/mol. The Morgan fingerprint density at radius 1 is 1.40 bits per heavy atom. The zero-order valence-corrected chi connectivity index (χ0v) is 9.67. The van der Waals surface area contributed by atoms with Crippen LogP contribution < -0.4 is 5.73 Å². The fraction of sp³-hybridized carbons (Fsp3) is 0.400. The van der Waals surface area contributed by atoms with Gasteiger partial charge in [0.1, 0.15) is 0 Å². The van der Waals surface area contributed by atoms with Gasteiger partial charge in [0.25, 0.3) is 0 Å². The number of anilines is 1. The molecule has 0 aliphatic heterocycles. The predicted octanol–water partition coefficient (Wildman–Crippen LogP) is 1.34. The molecule has 0 bridgehead atoms. The van der Waals surface area contributed by atoms with E-state index in [1.807, 2.05) is 0 Å². The molecule has 0 amide bonds. The third kappa shape index (κ3) is 2.94. The number of sulfone groups is 1. The second kappa shape index (κ2) is 4.63. The highest BCUT2D eigenvalue weighted by atomic mass is 32.2. The van der Waals surface area contributed by atoms with Gasteiger partial charge in [0.15, 0.2) is 5.94 Å². The molecule has 0 radical (unpaired) electrons. The van der Waals surface area contributed by atoms with Crippen molar-refractivity contribution in [2.75, 3.05) is 18.3 Å². The minimum Gasteiger partial charge on any atom is -0.399 e. The van der Waals surface area contributed by atoms with Crippen LogP contribution in [0.25, 0.3) is 0 Å². The second-order valence-corrected chi connectivity index (χ2v) is 5.16. The van der Waals surface area contributed by atoms with Crippen LogP contribution in [-0.4, -0.2) is 21.0 Å². The van der Waals surface area contributed by atoms with E-state index in [1.165, 1.54) is 6.07 Å². The lowest BCUT2D eigenvalue weighted by molar-refractivity contribution is 0.192. The molecular formula is C10H15NO3S. The maximum absolute atomic E-state index is 11.8. The van der Waals surface area contributed by atoms with Crippen LogP contribution in [-0.2, 0) is 14.6 Å². The molecule has 1 aromatic rings. The van der Waals surface area contributed by atoms with E-state index in [0.717, 1.165) is 0 Å². The fourth-order valence-corrected chi connectivity index (χ4v) is 2.60. The van der Waals surface area contributed by atoms with Gasteiger partial charge in [-0.1, -0.05) is 6.07 Å². The molecule has 1 rings (SSSR count). The number of hydrogen-bond donors (Lipinski definition) is 1. The maximum Gasteiger partial charge on any atom is 0.202 e. The first-order chi connectivity index (χ1) is 6.97. The van der Waals surface area contributed by atoms with Crippen LogP contribution in [0.2, 0.25) is 0 Å². The van der Waals surface area contributed by atoms with Crippen LogP contribution in [0, 0.1) is 6.92 Å². The molecule has 1 aromatic carbocycles. The normalized spacial score (nSPS) is 11.6. The molecule has 0 unspecified atom stereocenters. The summed E-state index contributed by atoms with van der Waals surface area (Å²) in [6.07, 6.45) is 0. The van der Waals surface area contributed by atoms with Crippen LogP contribution >= 0.6 is 0 Å². The largest absolute Gasteiger partial charge is 0.399 e. The van der Waals surface area contributed by atoms with Crippen molar-refractivity contribution in [1.82, 2.24) is 0 Å². The molecule has 0 spiro atoms. The summed E-state index contributed by atoms with van der Waals surface area (Å²) in [6.45, 7) is 3.86. The van der Waals surface area contributed by atoms with Crippen LogP contribution in [0.5, 0.6) is 0 Å². The van der Waals surface area contributed by atoms with Gasteiger partial charge >= 0.3 is 0 Å². The van der Waals surface area contributed by atoms with E-state index in [-0.39, 0.29) is 10.8 Å². The Balaban J connectivity index is 3.09. The molecule has 84 valence electrons. The molecule has 0 heterocycles. The van der Waals surface area contributed by atoms with Gasteiger partial charge in [0.05, 0.1) is 4.90 Å². The summed E-state index contributed by atoms with van der Waals surface area (Å²) in [6, 6.07) is 4.83. The van der Waals surface area contributed by atoms with E-state index in [2.05, 4.69) is 0 Å². The molecule has 0 saturated carbocycles. The lowest BCUT2D eigenvalue weighted by Gasteiger charge is -2.08. The predicted molar refractivity (Wildman–Crippen MR) is 59.3 cm³/mol. The van der Waals surface area contributed by atoms with E-state index in [0.29, 0.717) is 17.9 Å². The van der Waals surface area contributed by atoms with Crippen molar-refractivity contribution in [2.24, 2.45) is 0 Å². The number of benzene rings is 1. The molecule has 0 aliphatic rings. The Bertz CT molecular complexity index is 440. The van der Waals surface area contributed by atoms with Gasteiger partial charge in [-0.05, 0) is 31.5 Å². The van der Waals surface area contributed by atoms with Crippen molar-refractivity contribution < 1.29 is 13.2 Å². The molecule has 15 heavy (non-hydrogen) atoms. The number of hydrogen-bond acceptors (Lipinski definition) is 4. The van der Waals surface area contributed by atoms with Crippen LogP contribution in [0.4, 0.5) is 5.69 Å². The van der Waals surface area contributed by atoms with Crippen molar-refractivity contribution in [1.29, 1.82) is 0 Å². The van der Waals surface area contributed by atoms with Crippen LogP contribution in [0.15, 0.2) is 23.1 Å². The van der Waals surface area contributed by atoms with Crippen molar-refractivity contribution in [2.45, 2.75) is 18.7 Å². The molecule has 0 aliphatic carbocycles. The quantitative estimate of drug-likeness (QED) is 0.791. The van der Waals surface area contributed by atoms with E-state index in [9.17, 15) is 8.42 Å². The molecule has 5 heteroatoms. The first kappa shape index (κ1) is 12.0. The summed E-state index contributed by atoms with van der Waals surface area (Å²) in [4.78, 5) is 0.246. The van der Waals surface area contributed by atoms with E-state index < -0.39 is 9.84 Å². The lowest BCUT2D eigenvalue weighted by atomic mass is 10.2. The lowest BCUT2D eigenvalue weighted by Crippen LogP contribution is -2.11. The standard InChI is InChI=1S/C10H15NO3S/c1-3-14-7-15(12,13)10-6-9(11)5-4-8(10)2/h4-6H,3,7,11H2,1-2H3. The van der Waals surface area contributed by atoms with Gasteiger partial charge in [0, 0.05) is 12.3 Å². The summed E-state index contributed by atoms with van der Waals surface area (Å²) >= 11 is 0. The maximum atomic E-state index is 11.8. The molecule has 0 fully saturated rings. The number of rotatable bonds is 4. The van der Waals surface area contributed by atoms with E-state index in [4.69, 9.17) is 10.5 Å². The zero-order valence-electron chi connectivity index (χ0n) is 8.86. The van der Waals surface area contributed by atoms with Gasteiger partial charge in [-0.3, -0.25) is 0 Å². The van der Waals surface area contributed by atoms with Gasteiger partial charge in [-0.2, -0.15) is 0 Å². The van der Waals surface area contributed by atoms with Gasteiger partial charge in [0.2, 0.25) is 9.84 Å².